The molecule has 0 aliphatic carbocycles. The highest BCUT2D eigenvalue weighted by molar-refractivity contribution is 7.89. The van der Waals surface area contributed by atoms with Crippen LogP contribution in [-0.2, 0) is 10.0 Å². The summed E-state index contributed by atoms with van der Waals surface area (Å²) in [5.74, 6) is 1.12. The Balaban J connectivity index is 1.42. The van der Waals surface area contributed by atoms with Crippen LogP contribution in [0.4, 0.5) is 5.13 Å². The van der Waals surface area contributed by atoms with Crippen LogP contribution in [-0.4, -0.2) is 43.3 Å². The second kappa shape index (κ2) is 10.2. The quantitative estimate of drug-likeness (QED) is 0.487. The molecule has 1 amide bonds. The number of carbonyl (C=O) groups excluding carboxylic acids is 1. The summed E-state index contributed by atoms with van der Waals surface area (Å²) in [5, 5.41) is 5.15. The van der Waals surface area contributed by atoms with Gasteiger partial charge in [-0.15, -0.1) is 11.3 Å². The summed E-state index contributed by atoms with van der Waals surface area (Å²) in [7, 11) is -3.58. The number of amides is 1. The Labute approximate surface area is 204 Å². The number of sulfonamides is 1. The Morgan fingerprint density at radius 1 is 1.09 bits per heavy atom. The van der Waals surface area contributed by atoms with E-state index in [9.17, 15) is 13.2 Å². The number of nitrogens with zero attached hydrogens (tertiary/aromatic N) is 2. The zero-order chi connectivity index (χ0) is 24.3. The first-order chi connectivity index (χ1) is 16.3. The maximum atomic E-state index is 13.1. The van der Waals surface area contributed by atoms with Crippen molar-refractivity contribution in [2.24, 2.45) is 11.8 Å². The van der Waals surface area contributed by atoms with Gasteiger partial charge in [-0.25, -0.2) is 13.4 Å². The molecule has 2 unspecified atom stereocenters. The Hall–Kier alpha value is -2.75. The van der Waals surface area contributed by atoms with Gasteiger partial charge in [0.25, 0.3) is 5.91 Å². The number of benzene rings is 2. The van der Waals surface area contributed by atoms with Crippen LogP contribution < -0.4 is 10.1 Å². The number of hydrogen-bond donors (Lipinski definition) is 1. The van der Waals surface area contributed by atoms with E-state index in [1.165, 1.54) is 23.5 Å². The fraction of sp³-hybridized carbons (Fsp3) is 0.360. The summed E-state index contributed by atoms with van der Waals surface area (Å²) in [5.41, 5.74) is 2.06. The Bertz CT molecular complexity index is 1230. The average molecular weight is 500 g/mol. The number of aromatic nitrogens is 1. The van der Waals surface area contributed by atoms with Gasteiger partial charge in [0.1, 0.15) is 5.75 Å². The summed E-state index contributed by atoms with van der Waals surface area (Å²) in [6, 6.07) is 13.7. The van der Waals surface area contributed by atoms with Crippen LogP contribution in [0.3, 0.4) is 0 Å². The van der Waals surface area contributed by atoms with Gasteiger partial charge in [0.05, 0.1) is 17.2 Å². The highest BCUT2D eigenvalue weighted by Crippen LogP contribution is 2.28. The SMILES string of the molecule is CCOc1ccc(-c2csc(NC(=O)c3ccc(S(=O)(=O)N4CC(C)CC(C)C4)cc3)n2)cc1. The van der Waals surface area contributed by atoms with Crippen molar-refractivity contribution in [3.63, 3.8) is 0 Å². The highest BCUT2D eigenvalue weighted by atomic mass is 32.2. The largest absolute Gasteiger partial charge is 0.494 e. The van der Waals surface area contributed by atoms with Crippen molar-refractivity contribution in [1.82, 2.24) is 9.29 Å². The molecular weight excluding hydrogens is 470 g/mol. The predicted octanol–water partition coefficient (Wildman–Crippen LogP) is 5.13. The number of thiazole rings is 1. The Morgan fingerprint density at radius 2 is 1.74 bits per heavy atom. The number of hydrogen-bond acceptors (Lipinski definition) is 6. The second-order valence-electron chi connectivity index (χ2n) is 8.74. The summed E-state index contributed by atoms with van der Waals surface area (Å²) in [4.78, 5) is 17.4. The van der Waals surface area contributed by atoms with Gasteiger partial charge in [-0.2, -0.15) is 4.31 Å². The van der Waals surface area contributed by atoms with Crippen LogP contribution in [0.15, 0.2) is 58.8 Å². The minimum atomic E-state index is -3.58. The minimum Gasteiger partial charge on any atom is -0.494 e. The fourth-order valence-electron chi connectivity index (χ4n) is 4.25. The summed E-state index contributed by atoms with van der Waals surface area (Å²) in [6.45, 7) is 7.74. The molecule has 2 atom stereocenters. The van der Waals surface area contributed by atoms with E-state index in [0.29, 0.717) is 42.2 Å². The van der Waals surface area contributed by atoms with Crippen molar-refractivity contribution in [3.05, 3.63) is 59.5 Å². The van der Waals surface area contributed by atoms with E-state index < -0.39 is 10.0 Å². The lowest BCUT2D eigenvalue weighted by atomic mass is 9.94. The van der Waals surface area contributed by atoms with Gasteiger partial charge in [0.15, 0.2) is 5.13 Å². The van der Waals surface area contributed by atoms with Crippen molar-refractivity contribution in [1.29, 1.82) is 0 Å². The standard InChI is InChI=1S/C25H29N3O4S2/c1-4-32-21-9-5-19(6-10-21)23-16-33-25(26-23)27-24(29)20-7-11-22(12-8-20)34(30,31)28-14-17(2)13-18(3)15-28/h5-12,16-18H,4,13-15H2,1-3H3,(H,26,27,29). The molecule has 1 aliphatic heterocycles. The first-order valence-corrected chi connectivity index (χ1v) is 13.7. The van der Waals surface area contributed by atoms with Gasteiger partial charge in [-0.05, 0) is 73.7 Å². The van der Waals surface area contributed by atoms with E-state index in [2.05, 4.69) is 24.1 Å². The van der Waals surface area contributed by atoms with Crippen LogP contribution in [0.1, 0.15) is 37.6 Å². The zero-order valence-electron chi connectivity index (χ0n) is 19.5. The van der Waals surface area contributed by atoms with Gasteiger partial charge in [0.2, 0.25) is 10.0 Å². The topological polar surface area (TPSA) is 88.6 Å². The molecule has 0 radical (unpaired) electrons. The lowest BCUT2D eigenvalue weighted by molar-refractivity contribution is 0.102. The van der Waals surface area contributed by atoms with Gasteiger partial charge in [-0.3, -0.25) is 10.1 Å². The van der Waals surface area contributed by atoms with E-state index >= 15 is 0 Å². The van der Waals surface area contributed by atoms with Gasteiger partial charge >= 0.3 is 0 Å². The number of carbonyl (C=O) groups is 1. The molecule has 0 bridgehead atoms. The monoisotopic (exact) mass is 499 g/mol. The molecule has 1 aliphatic rings. The molecule has 4 rings (SSSR count). The van der Waals surface area contributed by atoms with Crippen LogP contribution in [0.25, 0.3) is 11.3 Å². The van der Waals surface area contributed by atoms with Crippen molar-refractivity contribution in [3.8, 4) is 17.0 Å². The first-order valence-electron chi connectivity index (χ1n) is 11.4. The number of piperidine rings is 1. The smallest absolute Gasteiger partial charge is 0.257 e. The van der Waals surface area contributed by atoms with E-state index in [0.717, 1.165) is 23.4 Å². The van der Waals surface area contributed by atoms with Crippen LogP contribution in [0, 0.1) is 11.8 Å². The molecule has 1 fully saturated rings. The van der Waals surface area contributed by atoms with E-state index in [4.69, 9.17) is 4.74 Å². The molecule has 180 valence electrons. The number of anilines is 1. The number of nitrogens with one attached hydrogen (secondary N) is 1. The van der Waals surface area contributed by atoms with Crippen LogP contribution in [0.2, 0.25) is 0 Å². The van der Waals surface area contributed by atoms with Gasteiger partial charge in [0, 0.05) is 29.6 Å². The van der Waals surface area contributed by atoms with Crippen molar-refractivity contribution in [2.75, 3.05) is 25.0 Å². The van der Waals surface area contributed by atoms with Crippen molar-refractivity contribution >= 4 is 32.4 Å². The minimum absolute atomic E-state index is 0.206. The fourth-order valence-corrected chi connectivity index (χ4v) is 6.65. The third-order valence-corrected chi connectivity index (χ3v) is 8.38. The van der Waals surface area contributed by atoms with Crippen molar-refractivity contribution in [2.45, 2.75) is 32.1 Å². The van der Waals surface area contributed by atoms with Gasteiger partial charge in [-0.1, -0.05) is 13.8 Å². The Kier molecular flexibility index (Phi) is 7.35. The lowest BCUT2D eigenvalue weighted by Crippen LogP contribution is -2.42. The van der Waals surface area contributed by atoms with Crippen LogP contribution in [0.5, 0.6) is 5.75 Å². The first kappa shape index (κ1) is 24.4. The number of rotatable bonds is 7. The van der Waals surface area contributed by atoms with E-state index in [-0.39, 0.29) is 10.8 Å². The predicted molar refractivity (Wildman–Crippen MR) is 135 cm³/mol. The molecule has 9 heteroatoms. The third kappa shape index (κ3) is 5.48. The molecule has 34 heavy (non-hydrogen) atoms. The lowest BCUT2D eigenvalue weighted by Gasteiger charge is -2.34. The molecule has 1 aromatic heterocycles. The maximum Gasteiger partial charge on any atom is 0.257 e. The van der Waals surface area contributed by atoms with Crippen LogP contribution >= 0.6 is 11.3 Å². The molecule has 1 saturated heterocycles. The van der Waals surface area contributed by atoms with E-state index in [1.807, 2.05) is 36.6 Å². The zero-order valence-corrected chi connectivity index (χ0v) is 21.2. The highest BCUT2D eigenvalue weighted by Gasteiger charge is 2.31. The molecular formula is C25H29N3O4S2. The molecule has 1 N–H and O–H groups in total. The van der Waals surface area contributed by atoms with E-state index in [1.54, 1.807) is 16.4 Å². The molecule has 0 saturated carbocycles. The normalized spacial score (nSPS) is 19.0. The summed E-state index contributed by atoms with van der Waals surface area (Å²) < 4.78 is 33.1. The van der Waals surface area contributed by atoms with Crippen molar-refractivity contribution < 1.29 is 17.9 Å². The molecule has 7 nitrogen and oxygen atoms in total. The Morgan fingerprint density at radius 3 is 2.35 bits per heavy atom. The van der Waals surface area contributed by atoms with Gasteiger partial charge < -0.3 is 4.74 Å². The summed E-state index contributed by atoms with van der Waals surface area (Å²) >= 11 is 1.33. The summed E-state index contributed by atoms with van der Waals surface area (Å²) in [6.07, 6.45) is 1.03. The molecule has 2 heterocycles. The third-order valence-electron chi connectivity index (χ3n) is 5.78. The molecule has 0 spiro atoms. The second-order valence-corrected chi connectivity index (χ2v) is 11.5. The molecule has 2 aromatic carbocycles. The molecule has 3 aromatic rings. The number of ether oxygens (including phenoxy) is 1. The average Bonchev–Trinajstić information content (AvgIpc) is 3.27. The maximum absolute atomic E-state index is 13.1.